The molecule has 2 saturated heterocycles. The van der Waals surface area contributed by atoms with Crippen LogP contribution in [0.2, 0.25) is 0 Å². The molecule has 0 saturated carbocycles. The SMILES string of the molecule is Cc1cc2cc(NC(=N[C@H]3CCCCN(CC(=O)N4CCCC4)C3=O)NC(=O)c3ccc(C(=O)N(C)C)nc3)ccc2o1. The number of pyridine rings is 1. The summed E-state index contributed by atoms with van der Waals surface area (Å²) in [6.07, 6.45) is 5.29. The van der Waals surface area contributed by atoms with Crippen LogP contribution in [0.4, 0.5) is 5.69 Å². The van der Waals surface area contributed by atoms with Crippen molar-refractivity contribution >= 4 is 46.2 Å². The number of hydrogen-bond donors (Lipinski definition) is 2. The van der Waals surface area contributed by atoms with Crippen molar-refractivity contribution in [2.24, 2.45) is 4.99 Å². The highest BCUT2D eigenvalue weighted by atomic mass is 16.3. The van der Waals surface area contributed by atoms with E-state index < -0.39 is 11.9 Å². The molecule has 5 rings (SSSR count). The van der Waals surface area contributed by atoms with Gasteiger partial charge >= 0.3 is 0 Å². The highest BCUT2D eigenvalue weighted by Crippen LogP contribution is 2.23. The lowest BCUT2D eigenvalue weighted by molar-refractivity contribution is -0.140. The molecule has 1 aromatic carbocycles. The zero-order valence-electron chi connectivity index (χ0n) is 24.8. The Morgan fingerprint density at radius 3 is 2.53 bits per heavy atom. The molecule has 0 bridgehead atoms. The molecule has 226 valence electrons. The highest BCUT2D eigenvalue weighted by molar-refractivity contribution is 6.11. The zero-order valence-corrected chi connectivity index (χ0v) is 24.8. The molecule has 12 nitrogen and oxygen atoms in total. The minimum absolute atomic E-state index is 0.0279. The molecule has 1 atom stereocenters. The third-order valence-electron chi connectivity index (χ3n) is 7.61. The molecule has 2 N–H and O–H groups in total. The Labute approximate surface area is 250 Å². The standard InChI is InChI=1S/C31H37N7O5/c1-20-16-22-17-23(10-12-26(22)43-20)33-31(35-28(40)21-9-11-24(32-18-21)29(41)36(2)3)34-25-8-4-5-15-38(30(25)42)19-27(39)37-13-6-7-14-37/h9-12,16-18,25H,4-8,13-15,19H2,1-3H3,(H2,33,34,35,40)/t25-/m0/s1. The average Bonchev–Trinajstić information content (AvgIpc) is 3.63. The van der Waals surface area contributed by atoms with E-state index >= 15 is 0 Å². The number of anilines is 1. The molecule has 2 aliphatic rings. The maximum Gasteiger partial charge on any atom is 0.271 e. The number of nitrogens with one attached hydrogen (secondary N) is 2. The van der Waals surface area contributed by atoms with E-state index in [9.17, 15) is 19.2 Å². The Balaban J connectivity index is 1.39. The van der Waals surface area contributed by atoms with Crippen LogP contribution in [-0.2, 0) is 9.59 Å². The topological polar surface area (TPSA) is 140 Å². The van der Waals surface area contributed by atoms with E-state index in [1.807, 2.05) is 30.0 Å². The van der Waals surface area contributed by atoms with Gasteiger partial charge in [-0.05, 0) is 75.4 Å². The molecule has 0 aliphatic carbocycles. The van der Waals surface area contributed by atoms with Crippen molar-refractivity contribution in [3.63, 3.8) is 0 Å². The van der Waals surface area contributed by atoms with Crippen LogP contribution >= 0.6 is 0 Å². The van der Waals surface area contributed by atoms with Crippen molar-refractivity contribution in [3.8, 4) is 0 Å². The number of amides is 4. The first-order chi connectivity index (χ1) is 20.7. The molecule has 3 aromatic rings. The summed E-state index contributed by atoms with van der Waals surface area (Å²) in [5.74, 6) is -0.220. The van der Waals surface area contributed by atoms with Crippen molar-refractivity contribution in [2.45, 2.75) is 45.1 Å². The molecular weight excluding hydrogens is 550 g/mol. The minimum atomic E-state index is -0.783. The molecule has 2 aliphatic heterocycles. The number of carbonyl (C=O) groups is 4. The molecule has 0 radical (unpaired) electrons. The maximum atomic E-state index is 13.6. The van der Waals surface area contributed by atoms with Gasteiger partial charge in [-0.2, -0.15) is 0 Å². The van der Waals surface area contributed by atoms with Gasteiger partial charge in [0.1, 0.15) is 23.1 Å². The number of aliphatic imine (C=N–C) groups is 1. The molecule has 4 amide bonds. The molecule has 0 spiro atoms. The number of benzene rings is 1. The van der Waals surface area contributed by atoms with Gasteiger partial charge in [-0.15, -0.1) is 0 Å². The summed E-state index contributed by atoms with van der Waals surface area (Å²) in [6, 6.07) is 9.60. The molecule has 2 aromatic heterocycles. The number of carbonyl (C=O) groups excluding carboxylic acids is 4. The summed E-state index contributed by atoms with van der Waals surface area (Å²) in [4.78, 5) is 65.6. The second-order valence-corrected chi connectivity index (χ2v) is 11.2. The van der Waals surface area contributed by atoms with Crippen molar-refractivity contribution < 1.29 is 23.6 Å². The molecule has 43 heavy (non-hydrogen) atoms. The Kier molecular flexibility index (Phi) is 9.03. The van der Waals surface area contributed by atoms with Crippen molar-refractivity contribution in [1.29, 1.82) is 0 Å². The number of fused-ring (bicyclic) bond motifs is 1. The monoisotopic (exact) mass is 587 g/mol. The van der Waals surface area contributed by atoms with Gasteiger partial charge in [-0.1, -0.05) is 0 Å². The Bertz CT molecular complexity index is 1540. The van der Waals surface area contributed by atoms with Crippen LogP contribution in [0.5, 0.6) is 0 Å². The molecule has 4 heterocycles. The first-order valence-electron chi connectivity index (χ1n) is 14.6. The molecule has 0 unspecified atom stereocenters. The Morgan fingerprint density at radius 1 is 1.05 bits per heavy atom. The van der Waals surface area contributed by atoms with Gasteiger partial charge in [-0.3, -0.25) is 29.5 Å². The van der Waals surface area contributed by atoms with Crippen molar-refractivity contribution in [3.05, 3.63) is 59.6 Å². The zero-order chi connectivity index (χ0) is 30.5. The van der Waals surface area contributed by atoms with Crippen LogP contribution in [0, 0.1) is 6.92 Å². The summed E-state index contributed by atoms with van der Waals surface area (Å²) < 4.78 is 5.68. The second-order valence-electron chi connectivity index (χ2n) is 11.2. The van der Waals surface area contributed by atoms with E-state index in [4.69, 9.17) is 9.41 Å². The first kappa shape index (κ1) is 29.7. The van der Waals surface area contributed by atoms with Gasteiger partial charge in [0, 0.05) is 51.0 Å². The van der Waals surface area contributed by atoms with E-state index in [0.717, 1.165) is 55.5 Å². The van der Waals surface area contributed by atoms with Crippen molar-refractivity contribution in [1.82, 2.24) is 25.0 Å². The van der Waals surface area contributed by atoms with E-state index in [-0.39, 0.29) is 41.5 Å². The molecular formula is C31H37N7O5. The lowest BCUT2D eigenvalue weighted by atomic mass is 10.1. The Morgan fingerprint density at radius 2 is 1.81 bits per heavy atom. The fraction of sp³-hybridized carbons (Fsp3) is 0.419. The summed E-state index contributed by atoms with van der Waals surface area (Å²) in [6.45, 7) is 3.83. The van der Waals surface area contributed by atoms with Crippen LogP contribution in [-0.4, -0.2) is 95.6 Å². The van der Waals surface area contributed by atoms with E-state index in [0.29, 0.717) is 18.7 Å². The number of aryl methyl sites for hydroxylation is 1. The summed E-state index contributed by atoms with van der Waals surface area (Å²) in [5, 5.41) is 6.82. The van der Waals surface area contributed by atoms with Gasteiger partial charge in [0.2, 0.25) is 17.8 Å². The van der Waals surface area contributed by atoms with Gasteiger partial charge in [0.15, 0.2) is 0 Å². The summed E-state index contributed by atoms with van der Waals surface area (Å²) >= 11 is 0. The average molecular weight is 588 g/mol. The smallest absolute Gasteiger partial charge is 0.271 e. The number of likely N-dealkylation sites (tertiary alicyclic amines) is 2. The maximum absolute atomic E-state index is 13.6. The lowest BCUT2D eigenvalue weighted by Gasteiger charge is -2.25. The first-order valence-corrected chi connectivity index (χ1v) is 14.6. The summed E-state index contributed by atoms with van der Waals surface area (Å²) in [7, 11) is 3.25. The van der Waals surface area contributed by atoms with Gasteiger partial charge in [0.05, 0.1) is 12.1 Å². The van der Waals surface area contributed by atoms with Crippen LogP contribution in [0.3, 0.4) is 0 Å². The molecule has 2 fully saturated rings. The van der Waals surface area contributed by atoms with Crippen LogP contribution in [0.1, 0.15) is 58.7 Å². The Hall–Kier alpha value is -4.74. The third-order valence-corrected chi connectivity index (χ3v) is 7.61. The number of guanidine groups is 1. The minimum Gasteiger partial charge on any atom is -0.461 e. The summed E-state index contributed by atoms with van der Waals surface area (Å²) in [5.41, 5.74) is 1.79. The van der Waals surface area contributed by atoms with Crippen LogP contribution in [0.25, 0.3) is 11.0 Å². The number of furan rings is 1. The van der Waals surface area contributed by atoms with Gasteiger partial charge < -0.3 is 24.4 Å². The number of nitrogens with zero attached hydrogens (tertiary/aromatic N) is 5. The predicted molar refractivity (Wildman–Crippen MR) is 162 cm³/mol. The number of rotatable bonds is 6. The largest absolute Gasteiger partial charge is 0.461 e. The highest BCUT2D eigenvalue weighted by Gasteiger charge is 2.30. The van der Waals surface area contributed by atoms with Gasteiger partial charge in [0.25, 0.3) is 11.8 Å². The fourth-order valence-electron chi connectivity index (χ4n) is 5.30. The number of aromatic nitrogens is 1. The van der Waals surface area contributed by atoms with Crippen LogP contribution < -0.4 is 10.6 Å². The quantitative estimate of drug-likeness (QED) is 0.334. The normalized spacial score (nSPS) is 17.6. The predicted octanol–water partition coefficient (Wildman–Crippen LogP) is 3.04. The number of hydrogen-bond acceptors (Lipinski definition) is 7. The van der Waals surface area contributed by atoms with Gasteiger partial charge in [-0.25, -0.2) is 4.99 Å². The van der Waals surface area contributed by atoms with E-state index in [1.165, 1.54) is 23.2 Å². The second kappa shape index (κ2) is 13.1. The lowest BCUT2D eigenvalue weighted by Crippen LogP contribution is -2.45. The van der Waals surface area contributed by atoms with E-state index in [2.05, 4.69) is 15.6 Å². The van der Waals surface area contributed by atoms with E-state index in [1.54, 1.807) is 25.1 Å². The third kappa shape index (κ3) is 7.19. The van der Waals surface area contributed by atoms with Crippen molar-refractivity contribution in [2.75, 3.05) is 45.6 Å². The molecule has 12 heteroatoms. The van der Waals surface area contributed by atoms with Crippen LogP contribution in [0.15, 0.2) is 52.0 Å². The fourth-order valence-corrected chi connectivity index (χ4v) is 5.30.